The average Bonchev–Trinajstić information content (AvgIpc) is 2.68. The van der Waals surface area contributed by atoms with Crippen molar-refractivity contribution in [3.05, 3.63) is 40.0 Å². The molecule has 0 aliphatic heterocycles. The van der Waals surface area contributed by atoms with Gasteiger partial charge in [-0.2, -0.15) is 0 Å². The Kier molecular flexibility index (Phi) is 9.54. The fourth-order valence-electron chi connectivity index (χ4n) is 4.12. The summed E-state index contributed by atoms with van der Waals surface area (Å²) in [6, 6.07) is 5.08. The van der Waals surface area contributed by atoms with Crippen LogP contribution in [0.1, 0.15) is 48.5 Å². The van der Waals surface area contributed by atoms with E-state index in [0.29, 0.717) is 23.1 Å². The van der Waals surface area contributed by atoms with Crippen LogP contribution in [0.5, 0.6) is 0 Å². The number of hydrogen-bond acceptors (Lipinski definition) is 6. The topological polar surface area (TPSA) is 114 Å². The highest BCUT2D eigenvalue weighted by Gasteiger charge is 2.49. The van der Waals surface area contributed by atoms with E-state index in [4.69, 9.17) is 10.1 Å². The van der Waals surface area contributed by atoms with Crippen LogP contribution >= 0.6 is 7.26 Å². The number of benzene rings is 1. The van der Waals surface area contributed by atoms with Crippen LogP contribution in [0.2, 0.25) is 0 Å². The SMILES string of the molecule is CCOC(=O)N(C(=O)C(=C=N)C[P+](C(C)C)(C(C)C)C(C)C)c1ccc([N+](=O)[O-])cc1. The van der Waals surface area contributed by atoms with E-state index in [1.54, 1.807) is 6.92 Å². The molecule has 0 bridgehead atoms. The summed E-state index contributed by atoms with van der Waals surface area (Å²) in [7, 11) is -1.74. The minimum Gasteiger partial charge on any atom is -0.449 e. The minimum atomic E-state index is -1.74. The van der Waals surface area contributed by atoms with Gasteiger partial charge in [-0.05, 0) is 66.5 Å². The van der Waals surface area contributed by atoms with Gasteiger partial charge >= 0.3 is 6.09 Å². The Balaban J connectivity index is 3.47. The minimum absolute atomic E-state index is 0.0557. The van der Waals surface area contributed by atoms with Gasteiger partial charge in [0.2, 0.25) is 0 Å². The molecule has 0 heterocycles. The molecule has 1 aromatic carbocycles. The Morgan fingerprint density at radius 1 is 1.10 bits per heavy atom. The third-order valence-corrected chi connectivity index (χ3v) is 12.3. The molecule has 9 heteroatoms. The Hall–Kier alpha value is -2.56. The number of amides is 2. The van der Waals surface area contributed by atoms with Crippen molar-refractivity contribution in [1.29, 1.82) is 5.41 Å². The van der Waals surface area contributed by atoms with Gasteiger partial charge in [-0.3, -0.25) is 20.3 Å². The van der Waals surface area contributed by atoms with Crippen molar-refractivity contribution in [3.8, 4) is 0 Å². The molecule has 0 unspecified atom stereocenters. The second-order valence-electron chi connectivity index (χ2n) is 8.15. The molecule has 170 valence electrons. The summed E-state index contributed by atoms with van der Waals surface area (Å²) in [5.74, 6) is 1.60. The molecule has 0 aliphatic carbocycles. The van der Waals surface area contributed by atoms with Crippen LogP contribution in [0.25, 0.3) is 0 Å². The highest BCUT2D eigenvalue weighted by atomic mass is 31.2. The molecule has 0 atom stereocenters. The third-order valence-electron chi connectivity index (χ3n) is 5.70. The van der Waals surface area contributed by atoms with Crippen molar-refractivity contribution < 1.29 is 19.2 Å². The molecule has 0 aliphatic rings. The number of anilines is 1. The normalized spacial score (nSPS) is 11.4. The molecule has 0 aromatic heterocycles. The van der Waals surface area contributed by atoms with Crippen molar-refractivity contribution in [3.63, 3.8) is 0 Å². The van der Waals surface area contributed by atoms with Crippen LogP contribution < -0.4 is 4.90 Å². The first-order chi connectivity index (χ1) is 14.4. The Labute approximate surface area is 184 Å². The zero-order chi connectivity index (χ0) is 23.9. The molecular weight excluding hydrogens is 417 g/mol. The quantitative estimate of drug-likeness (QED) is 0.175. The number of imide groups is 1. The maximum atomic E-state index is 13.4. The second-order valence-corrected chi connectivity index (χ2v) is 13.6. The molecule has 0 saturated heterocycles. The van der Waals surface area contributed by atoms with Crippen molar-refractivity contribution in [2.24, 2.45) is 0 Å². The van der Waals surface area contributed by atoms with E-state index in [9.17, 15) is 19.7 Å². The number of non-ortho nitro benzene ring substituents is 1. The van der Waals surface area contributed by atoms with Gasteiger partial charge in [-0.1, -0.05) is 0 Å². The van der Waals surface area contributed by atoms with Crippen molar-refractivity contribution in [2.45, 2.75) is 65.4 Å². The van der Waals surface area contributed by atoms with E-state index in [2.05, 4.69) is 47.4 Å². The van der Waals surface area contributed by atoms with Crippen LogP contribution in [0.3, 0.4) is 0 Å². The molecule has 2 amide bonds. The first-order valence-electron chi connectivity index (χ1n) is 10.3. The van der Waals surface area contributed by atoms with E-state index in [1.165, 1.54) is 24.3 Å². The van der Waals surface area contributed by atoms with E-state index in [-0.39, 0.29) is 23.6 Å². The van der Waals surface area contributed by atoms with E-state index in [0.717, 1.165) is 4.90 Å². The van der Waals surface area contributed by atoms with Gasteiger partial charge in [0.1, 0.15) is 5.57 Å². The summed E-state index contributed by atoms with van der Waals surface area (Å²) in [5, 5.41) is 18.8. The van der Waals surface area contributed by atoms with Crippen LogP contribution in [0, 0.1) is 15.5 Å². The maximum Gasteiger partial charge on any atom is 0.421 e. The summed E-state index contributed by atoms with van der Waals surface area (Å²) in [6.07, 6.45) is -0.512. The molecule has 8 nitrogen and oxygen atoms in total. The molecule has 0 radical (unpaired) electrons. The van der Waals surface area contributed by atoms with Crippen LogP contribution in [0.15, 0.2) is 29.8 Å². The second kappa shape index (κ2) is 11.2. The Morgan fingerprint density at radius 3 is 1.94 bits per heavy atom. The van der Waals surface area contributed by atoms with Crippen LogP contribution in [0.4, 0.5) is 16.2 Å². The molecule has 1 N–H and O–H groups in total. The lowest BCUT2D eigenvalue weighted by Gasteiger charge is -2.38. The third kappa shape index (κ3) is 5.78. The standard InChI is InChI=1S/C22H33N3O5P/c1-8-30-22(27)24(19-9-11-20(12-10-19)25(28)29)21(26)18(13-23)14-31(15(2)3,16(4)5)17(6)7/h9-12,15-17,23H,8,14H2,1-7H3/q+1. The summed E-state index contributed by atoms with van der Waals surface area (Å²) in [6.45, 7) is 14.5. The zero-order valence-corrected chi connectivity index (χ0v) is 20.2. The van der Waals surface area contributed by atoms with Crippen LogP contribution in [-0.4, -0.2) is 52.5 Å². The fraction of sp³-hybridized carbons (Fsp3) is 0.545. The molecule has 31 heavy (non-hydrogen) atoms. The summed E-state index contributed by atoms with van der Waals surface area (Å²) >= 11 is 0. The Bertz CT molecular complexity index is 837. The maximum absolute atomic E-state index is 13.4. The lowest BCUT2D eigenvalue weighted by Crippen LogP contribution is -2.40. The number of nitrogens with zero attached hydrogens (tertiary/aromatic N) is 2. The number of rotatable bonds is 9. The monoisotopic (exact) mass is 450 g/mol. The van der Waals surface area contributed by atoms with E-state index < -0.39 is 24.2 Å². The van der Waals surface area contributed by atoms with Gasteiger partial charge in [0.25, 0.3) is 11.6 Å². The van der Waals surface area contributed by atoms with Gasteiger partial charge in [-0.15, -0.1) is 0 Å². The highest BCUT2D eigenvalue weighted by molar-refractivity contribution is 7.78. The number of hydrogen-bond donors (Lipinski definition) is 1. The molecular formula is C22H33N3O5P+. The van der Waals surface area contributed by atoms with Gasteiger partial charge in [-0.25, -0.2) is 9.69 Å². The fourth-order valence-corrected chi connectivity index (χ4v) is 9.56. The summed E-state index contributed by atoms with van der Waals surface area (Å²) < 4.78 is 5.06. The number of nitro benzene ring substituents is 1. The van der Waals surface area contributed by atoms with E-state index >= 15 is 0 Å². The number of carbonyl (C=O) groups excluding carboxylic acids is 2. The predicted molar refractivity (Wildman–Crippen MR) is 126 cm³/mol. The first kappa shape index (κ1) is 26.5. The largest absolute Gasteiger partial charge is 0.449 e. The van der Waals surface area contributed by atoms with Crippen molar-refractivity contribution in [1.82, 2.24) is 0 Å². The van der Waals surface area contributed by atoms with Gasteiger partial charge in [0.15, 0.2) is 0 Å². The predicted octanol–water partition coefficient (Wildman–Crippen LogP) is 5.50. The molecule has 1 aromatic rings. The molecule has 0 saturated carbocycles. The number of nitro groups is 1. The first-order valence-corrected chi connectivity index (χ1v) is 12.5. The van der Waals surface area contributed by atoms with Crippen molar-refractivity contribution >= 4 is 36.5 Å². The van der Waals surface area contributed by atoms with E-state index in [1.807, 2.05) is 0 Å². The highest BCUT2D eigenvalue weighted by Crippen LogP contribution is 2.70. The lowest BCUT2D eigenvalue weighted by atomic mass is 10.2. The number of carbonyl (C=O) groups is 2. The zero-order valence-electron chi connectivity index (χ0n) is 19.3. The van der Waals surface area contributed by atoms with Gasteiger partial charge in [0.05, 0.1) is 40.4 Å². The average molecular weight is 450 g/mol. The Morgan fingerprint density at radius 2 is 1.58 bits per heavy atom. The smallest absolute Gasteiger partial charge is 0.421 e. The number of ether oxygens (including phenoxy) is 1. The number of nitrogens with one attached hydrogen (secondary N) is 1. The van der Waals surface area contributed by atoms with Crippen LogP contribution in [-0.2, 0) is 9.53 Å². The summed E-state index contributed by atoms with van der Waals surface area (Å²) in [5.41, 5.74) is 1.05. The van der Waals surface area contributed by atoms with Crippen molar-refractivity contribution in [2.75, 3.05) is 17.7 Å². The molecule has 0 spiro atoms. The van der Waals surface area contributed by atoms with Gasteiger partial charge < -0.3 is 4.74 Å². The lowest BCUT2D eigenvalue weighted by molar-refractivity contribution is -0.384. The van der Waals surface area contributed by atoms with Gasteiger partial charge in [0, 0.05) is 19.4 Å². The molecule has 0 fully saturated rings. The summed E-state index contributed by atoms with van der Waals surface area (Å²) in [4.78, 5) is 37.3. The molecule has 1 rings (SSSR count).